The van der Waals surface area contributed by atoms with E-state index in [0.717, 1.165) is 0 Å². The van der Waals surface area contributed by atoms with Gasteiger partial charge in [0.25, 0.3) is 0 Å². The molecule has 0 aromatic carbocycles. The molecule has 0 aliphatic carbocycles. The van der Waals surface area contributed by atoms with Crippen molar-refractivity contribution in [1.29, 1.82) is 0 Å². The van der Waals surface area contributed by atoms with Gasteiger partial charge in [0, 0.05) is 0 Å². The van der Waals surface area contributed by atoms with E-state index in [-0.39, 0.29) is 5.56 Å². The fourth-order valence-electron chi connectivity index (χ4n) is 0.597. The third kappa shape index (κ3) is 1.20. The first-order valence-electron chi connectivity index (χ1n) is 2.68. The second-order valence-electron chi connectivity index (χ2n) is 1.62. The molecule has 1 aromatic heterocycles. The van der Waals surface area contributed by atoms with Crippen LogP contribution in [0.4, 0.5) is 0 Å². The molecule has 0 amide bonds. The summed E-state index contributed by atoms with van der Waals surface area (Å²) in [5.41, 5.74) is 2.55. The molecule has 0 saturated heterocycles. The van der Waals surface area contributed by atoms with Gasteiger partial charge < -0.3 is 0 Å². The summed E-state index contributed by atoms with van der Waals surface area (Å²) in [6, 6.07) is 1.39. The first-order valence-corrected chi connectivity index (χ1v) is 3.54. The summed E-state index contributed by atoms with van der Waals surface area (Å²) in [5, 5.41) is 0. The molecule has 0 saturated carbocycles. The van der Waals surface area contributed by atoms with Crippen molar-refractivity contribution in [2.24, 2.45) is 0 Å². The van der Waals surface area contributed by atoms with E-state index in [2.05, 4.69) is 26.4 Å². The Bertz CT molecular complexity index is 282. The van der Waals surface area contributed by atoms with E-state index in [4.69, 9.17) is 0 Å². The SMILES string of the molecule is CNn1c([Se])nccc1=O. The molecule has 0 aliphatic rings. The zero-order valence-electron chi connectivity index (χ0n) is 5.37. The third-order valence-electron chi connectivity index (χ3n) is 1.04. The number of hydrogen-bond acceptors (Lipinski definition) is 3. The van der Waals surface area contributed by atoms with E-state index in [9.17, 15) is 4.79 Å². The Kier molecular flexibility index (Phi) is 2.09. The predicted molar refractivity (Wildman–Crippen MR) is 39.2 cm³/mol. The number of hydrogen-bond donors (Lipinski definition) is 1. The zero-order valence-corrected chi connectivity index (χ0v) is 7.08. The standard InChI is InChI=1S/C5H6N3OSe/c1-6-8-4(9)2-3-7-5(8)10/h2-3,6H,1H3. The summed E-state index contributed by atoms with van der Waals surface area (Å²) in [5.74, 6) is 0. The Morgan fingerprint density at radius 2 is 2.50 bits per heavy atom. The second kappa shape index (κ2) is 2.86. The molecular weight excluding hydrogens is 197 g/mol. The van der Waals surface area contributed by atoms with Crippen LogP contribution in [-0.4, -0.2) is 32.7 Å². The summed E-state index contributed by atoms with van der Waals surface area (Å²) < 4.78 is 1.86. The Morgan fingerprint density at radius 1 is 1.80 bits per heavy atom. The van der Waals surface area contributed by atoms with Gasteiger partial charge in [0.05, 0.1) is 0 Å². The summed E-state index contributed by atoms with van der Waals surface area (Å²) in [7, 11) is 1.66. The molecule has 0 bridgehead atoms. The molecule has 1 heterocycles. The number of aromatic nitrogens is 2. The Hall–Kier alpha value is -0.801. The van der Waals surface area contributed by atoms with Gasteiger partial charge in [-0.25, -0.2) is 0 Å². The van der Waals surface area contributed by atoms with Gasteiger partial charge in [-0.1, -0.05) is 0 Å². The van der Waals surface area contributed by atoms with Gasteiger partial charge in [-0.3, -0.25) is 0 Å². The van der Waals surface area contributed by atoms with Gasteiger partial charge >= 0.3 is 65.5 Å². The van der Waals surface area contributed by atoms with Crippen LogP contribution in [0.15, 0.2) is 17.1 Å². The van der Waals surface area contributed by atoms with Crippen molar-refractivity contribution in [1.82, 2.24) is 9.66 Å². The molecule has 5 heteroatoms. The van der Waals surface area contributed by atoms with Crippen molar-refractivity contribution >= 4 is 20.7 Å². The molecule has 1 aromatic rings. The first kappa shape index (κ1) is 7.31. The second-order valence-corrected chi connectivity index (χ2v) is 2.39. The topological polar surface area (TPSA) is 46.9 Å². The molecule has 1 N–H and O–H groups in total. The molecular formula is C5H6N3OSe. The molecule has 4 nitrogen and oxygen atoms in total. The Labute approximate surface area is 66.1 Å². The van der Waals surface area contributed by atoms with Crippen molar-refractivity contribution in [3.8, 4) is 0 Å². The Balaban J connectivity index is 3.31. The van der Waals surface area contributed by atoms with Crippen LogP contribution in [0.3, 0.4) is 0 Å². The van der Waals surface area contributed by atoms with Crippen molar-refractivity contribution < 1.29 is 0 Å². The average molecular weight is 203 g/mol. The van der Waals surface area contributed by atoms with Crippen LogP contribution in [0.1, 0.15) is 0 Å². The number of rotatable bonds is 1. The van der Waals surface area contributed by atoms with Crippen molar-refractivity contribution in [3.05, 3.63) is 22.6 Å². The average Bonchev–Trinajstić information content (AvgIpc) is 1.88. The van der Waals surface area contributed by atoms with Gasteiger partial charge in [-0.05, 0) is 0 Å². The van der Waals surface area contributed by atoms with E-state index in [1.54, 1.807) is 7.05 Å². The minimum absolute atomic E-state index is 0.119. The Morgan fingerprint density at radius 3 is 2.90 bits per heavy atom. The van der Waals surface area contributed by atoms with Gasteiger partial charge in [-0.2, -0.15) is 0 Å². The van der Waals surface area contributed by atoms with Crippen LogP contribution >= 0.6 is 0 Å². The maximum absolute atomic E-state index is 10.9. The monoisotopic (exact) mass is 204 g/mol. The van der Waals surface area contributed by atoms with Gasteiger partial charge in [0.2, 0.25) is 0 Å². The van der Waals surface area contributed by atoms with Crippen LogP contribution in [0.2, 0.25) is 0 Å². The number of nitrogens with zero attached hydrogens (tertiary/aromatic N) is 2. The van der Waals surface area contributed by atoms with Gasteiger partial charge in [-0.15, -0.1) is 0 Å². The van der Waals surface area contributed by atoms with Crippen LogP contribution in [-0.2, 0) is 0 Å². The molecule has 0 atom stereocenters. The summed E-state index contributed by atoms with van der Waals surface area (Å²) in [6.45, 7) is 0. The summed E-state index contributed by atoms with van der Waals surface area (Å²) in [4.78, 5) is 14.8. The first-order chi connectivity index (χ1) is 4.75. The summed E-state index contributed by atoms with van der Waals surface area (Å²) in [6.07, 6.45) is 1.46. The summed E-state index contributed by atoms with van der Waals surface area (Å²) >= 11 is 2.65. The quantitative estimate of drug-likeness (QED) is 0.548. The van der Waals surface area contributed by atoms with Crippen LogP contribution in [0.5, 0.6) is 0 Å². The van der Waals surface area contributed by atoms with E-state index >= 15 is 0 Å². The van der Waals surface area contributed by atoms with E-state index < -0.39 is 0 Å². The molecule has 0 aliphatic heterocycles. The minimum atomic E-state index is -0.119. The predicted octanol–water partition coefficient (Wildman–Crippen LogP) is -1.79. The molecule has 10 heavy (non-hydrogen) atoms. The van der Waals surface area contributed by atoms with Gasteiger partial charge in [0.15, 0.2) is 0 Å². The third-order valence-corrected chi connectivity index (χ3v) is 1.64. The number of nitrogens with one attached hydrogen (secondary N) is 1. The fourth-order valence-corrected chi connectivity index (χ4v) is 1.11. The maximum atomic E-state index is 10.9. The molecule has 1 radical (unpaired) electrons. The van der Waals surface area contributed by atoms with Crippen LogP contribution < -0.4 is 15.7 Å². The molecule has 0 fully saturated rings. The van der Waals surface area contributed by atoms with Crippen molar-refractivity contribution in [2.45, 2.75) is 0 Å². The van der Waals surface area contributed by atoms with Crippen molar-refractivity contribution in [3.63, 3.8) is 0 Å². The normalized spacial score (nSPS) is 9.30. The molecule has 53 valence electrons. The van der Waals surface area contributed by atoms with Crippen LogP contribution in [0, 0.1) is 0 Å². The van der Waals surface area contributed by atoms with Gasteiger partial charge in [0.1, 0.15) is 0 Å². The van der Waals surface area contributed by atoms with E-state index in [1.807, 2.05) is 0 Å². The fraction of sp³-hybridized carbons (Fsp3) is 0.200. The zero-order chi connectivity index (χ0) is 7.56. The molecule has 0 spiro atoms. The van der Waals surface area contributed by atoms with E-state index in [1.165, 1.54) is 16.9 Å². The molecule has 1 rings (SSSR count). The molecule has 0 unspecified atom stereocenters. The van der Waals surface area contributed by atoms with E-state index in [0.29, 0.717) is 4.72 Å². The van der Waals surface area contributed by atoms with Crippen LogP contribution in [0.25, 0.3) is 0 Å². The van der Waals surface area contributed by atoms with Crippen molar-refractivity contribution in [2.75, 3.05) is 12.5 Å².